The number of carbonyl (C=O) groups is 1. The largest absolute Gasteiger partial charge is 0.382 e. The summed E-state index contributed by atoms with van der Waals surface area (Å²) >= 11 is 0. The highest BCUT2D eigenvalue weighted by Gasteiger charge is 2.59. The Balaban J connectivity index is 1.75. The summed E-state index contributed by atoms with van der Waals surface area (Å²) in [5, 5.41) is 3.52. The molecule has 1 unspecified atom stereocenters. The summed E-state index contributed by atoms with van der Waals surface area (Å²) in [4.78, 5) is 14.4. The lowest BCUT2D eigenvalue weighted by molar-refractivity contribution is -0.131. The minimum absolute atomic E-state index is 0.189. The van der Waals surface area contributed by atoms with Gasteiger partial charge in [0.1, 0.15) is 0 Å². The average molecular weight is 270 g/mol. The van der Waals surface area contributed by atoms with Crippen molar-refractivity contribution in [2.45, 2.75) is 44.8 Å². The number of nitrogens with one attached hydrogen (secondary N) is 1. The van der Waals surface area contributed by atoms with Gasteiger partial charge >= 0.3 is 0 Å². The number of ether oxygens (including phenoxy) is 2. The number of hydrogen-bond acceptors (Lipinski definition) is 4. The van der Waals surface area contributed by atoms with Crippen LogP contribution >= 0.6 is 0 Å². The summed E-state index contributed by atoms with van der Waals surface area (Å²) in [6, 6.07) is 0. The first-order chi connectivity index (χ1) is 9.10. The fraction of sp³-hybridized carbons (Fsp3) is 0.929. The first-order valence-corrected chi connectivity index (χ1v) is 7.26. The van der Waals surface area contributed by atoms with Crippen molar-refractivity contribution in [2.75, 3.05) is 33.5 Å². The number of hydrogen-bond donors (Lipinski definition) is 1. The Hall–Kier alpha value is -0.650. The molecule has 1 saturated heterocycles. The van der Waals surface area contributed by atoms with Gasteiger partial charge in [0.15, 0.2) is 0 Å². The first-order valence-electron chi connectivity index (χ1n) is 7.26. The Morgan fingerprint density at radius 3 is 2.68 bits per heavy atom. The van der Waals surface area contributed by atoms with E-state index in [4.69, 9.17) is 9.47 Å². The van der Waals surface area contributed by atoms with Crippen LogP contribution in [0.3, 0.4) is 0 Å². The summed E-state index contributed by atoms with van der Waals surface area (Å²) in [6.45, 7) is 7.04. The van der Waals surface area contributed by atoms with Crippen molar-refractivity contribution in [3.63, 3.8) is 0 Å². The minimum atomic E-state index is -0.203. The Morgan fingerprint density at radius 2 is 2.11 bits per heavy atom. The van der Waals surface area contributed by atoms with E-state index in [1.807, 2.05) is 4.90 Å². The molecule has 1 amide bonds. The van der Waals surface area contributed by atoms with Crippen LogP contribution < -0.4 is 5.32 Å². The van der Waals surface area contributed by atoms with E-state index in [1.165, 1.54) is 0 Å². The summed E-state index contributed by atoms with van der Waals surface area (Å²) < 4.78 is 10.4. The molecule has 0 aromatic rings. The highest BCUT2D eigenvalue weighted by molar-refractivity contribution is 5.91. The number of methoxy groups -OCH3 is 1. The van der Waals surface area contributed by atoms with E-state index in [9.17, 15) is 4.79 Å². The van der Waals surface area contributed by atoms with Gasteiger partial charge in [-0.25, -0.2) is 0 Å². The molecule has 0 aromatic carbocycles. The van der Waals surface area contributed by atoms with Gasteiger partial charge in [-0.3, -0.25) is 10.1 Å². The Labute approximate surface area is 115 Å². The van der Waals surface area contributed by atoms with E-state index >= 15 is 0 Å². The van der Waals surface area contributed by atoms with Gasteiger partial charge in [-0.15, -0.1) is 0 Å². The van der Waals surface area contributed by atoms with Crippen LogP contribution in [0.15, 0.2) is 0 Å². The lowest BCUT2D eigenvalue weighted by Gasteiger charge is -2.27. The molecule has 1 N–H and O–H groups in total. The molecule has 2 aliphatic rings. The predicted octanol–water partition coefficient (Wildman–Crippen LogP) is 0.986. The average Bonchev–Trinajstić information content (AvgIpc) is 3.10. The Kier molecular flexibility index (Phi) is 4.81. The zero-order valence-electron chi connectivity index (χ0n) is 12.3. The van der Waals surface area contributed by atoms with E-state index in [0.29, 0.717) is 31.6 Å². The van der Waals surface area contributed by atoms with E-state index < -0.39 is 0 Å². The van der Waals surface area contributed by atoms with E-state index in [1.54, 1.807) is 7.11 Å². The van der Waals surface area contributed by atoms with Gasteiger partial charge in [0.25, 0.3) is 0 Å². The van der Waals surface area contributed by atoms with Crippen LogP contribution in [-0.4, -0.2) is 56.0 Å². The SMILES string of the molecule is COCCOCCCN1C(=O)C2(CC2)NC1C(C)C. The van der Waals surface area contributed by atoms with Gasteiger partial charge in [0, 0.05) is 20.3 Å². The molecule has 1 atom stereocenters. The third-order valence-electron chi connectivity index (χ3n) is 3.93. The van der Waals surface area contributed by atoms with Crippen molar-refractivity contribution in [1.82, 2.24) is 10.2 Å². The quantitative estimate of drug-likeness (QED) is 0.668. The first kappa shape index (κ1) is 14.8. The van der Waals surface area contributed by atoms with Crippen LogP contribution in [0.25, 0.3) is 0 Å². The molecule has 1 heterocycles. The van der Waals surface area contributed by atoms with Crippen LogP contribution in [0.1, 0.15) is 33.1 Å². The molecule has 5 heteroatoms. The molecule has 5 nitrogen and oxygen atoms in total. The highest BCUT2D eigenvalue weighted by atomic mass is 16.5. The number of rotatable bonds is 8. The van der Waals surface area contributed by atoms with Crippen LogP contribution in [-0.2, 0) is 14.3 Å². The van der Waals surface area contributed by atoms with Crippen LogP contribution in [0, 0.1) is 5.92 Å². The standard InChI is InChI=1S/C14H26N2O3/c1-11(2)12-15-14(5-6-14)13(17)16(12)7-4-8-19-10-9-18-3/h11-12,15H,4-10H2,1-3H3. The molecule has 0 aromatic heterocycles. The number of nitrogens with zero attached hydrogens (tertiary/aromatic N) is 1. The van der Waals surface area contributed by atoms with Crippen molar-refractivity contribution in [3.05, 3.63) is 0 Å². The molecule has 1 aliphatic carbocycles. The fourth-order valence-corrected chi connectivity index (χ4v) is 2.66. The van der Waals surface area contributed by atoms with E-state index in [2.05, 4.69) is 19.2 Å². The summed E-state index contributed by atoms with van der Waals surface area (Å²) in [7, 11) is 1.67. The smallest absolute Gasteiger partial charge is 0.244 e. The van der Waals surface area contributed by atoms with Crippen molar-refractivity contribution < 1.29 is 14.3 Å². The fourth-order valence-electron chi connectivity index (χ4n) is 2.66. The van der Waals surface area contributed by atoms with Crippen molar-refractivity contribution >= 4 is 5.91 Å². The topological polar surface area (TPSA) is 50.8 Å². The number of amides is 1. The highest BCUT2D eigenvalue weighted by Crippen LogP contribution is 2.43. The van der Waals surface area contributed by atoms with Crippen LogP contribution in [0.2, 0.25) is 0 Å². The van der Waals surface area contributed by atoms with Gasteiger partial charge in [0.05, 0.1) is 24.9 Å². The molecule has 0 bridgehead atoms. The van der Waals surface area contributed by atoms with Crippen LogP contribution in [0.5, 0.6) is 0 Å². The lowest BCUT2D eigenvalue weighted by atomic mass is 10.1. The van der Waals surface area contributed by atoms with Crippen LogP contribution in [0.4, 0.5) is 0 Å². The second kappa shape index (κ2) is 6.20. The normalized spacial score (nSPS) is 24.7. The second-order valence-electron chi connectivity index (χ2n) is 5.87. The summed E-state index contributed by atoms with van der Waals surface area (Å²) in [5.41, 5.74) is -0.203. The number of carbonyl (C=O) groups excluding carboxylic acids is 1. The third kappa shape index (κ3) is 3.27. The zero-order valence-corrected chi connectivity index (χ0v) is 12.3. The Morgan fingerprint density at radius 1 is 1.37 bits per heavy atom. The maximum Gasteiger partial charge on any atom is 0.244 e. The maximum atomic E-state index is 12.4. The van der Waals surface area contributed by atoms with E-state index in [0.717, 1.165) is 25.8 Å². The van der Waals surface area contributed by atoms with Gasteiger partial charge in [-0.1, -0.05) is 13.8 Å². The molecular formula is C14H26N2O3. The summed E-state index contributed by atoms with van der Waals surface area (Å²) in [5.74, 6) is 0.737. The zero-order chi connectivity index (χ0) is 13.9. The summed E-state index contributed by atoms with van der Waals surface area (Å²) in [6.07, 6.45) is 3.07. The van der Waals surface area contributed by atoms with Crippen molar-refractivity contribution in [1.29, 1.82) is 0 Å². The second-order valence-corrected chi connectivity index (χ2v) is 5.87. The molecule has 2 rings (SSSR count). The molecule has 1 spiro atoms. The predicted molar refractivity (Wildman–Crippen MR) is 72.8 cm³/mol. The van der Waals surface area contributed by atoms with Gasteiger partial charge < -0.3 is 14.4 Å². The van der Waals surface area contributed by atoms with Crippen molar-refractivity contribution in [2.24, 2.45) is 5.92 Å². The molecule has 2 fully saturated rings. The van der Waals surface area contributed by atoms with Gasteiger partial charge in [-0.05, 0) is 25.2 Å². The third-order valence-corrected chi connectivity index (χ3v) is 3.93. The van der Waals surface area contributed by atoms with Crippen molar-refractivity contribution in [3.8, 4) is 0 Å². The monoisotopic (exact) mass is 270 g/mol. The molecular weight excluding hydrogens is 244 g/mol. The molecule has 19 heavy (non-hydrogen) atoms. The molecule has 1 saturated carbocycles. The molecule has 110 valence electrons. The van der Waals surface area contributed by atoms with E-state index in [-0.39, 0.29) is 11.7 Å². The lowest BCUT2D eigenvalue weighted by Crippen LogP contribution is -2.42. The van der Waals surface area contributed by atoms with Gasteiger partial charge in [-0.2, -0.15) is 0 Å². The van der Waals surface area contributed by atoms with Gasteiger partial charge in [0.2, 0.25) is 5.91 Å². The minimum Gasteiger partial charge on any atom is -0.382 e. The molecule has 0 radical (unpaired) electrons. The maximum absolute atomic E-state index is 12.4. The molecule has 1 aliphatic heterocycles. The Bertz CT molecular complexity index is 316.